The molecular weight excluding hydrogens is 440 g/mol. The summed E-state index contributed by atoms with van der Waals surface area (Å²) in [6.07, 6.45) is 0.901. The summed E-state index contributed by atoms with van der Waals surface area (Å²) in [6, 6.07) is 10.7. The summed E-state index contributed by atoms with van der Waals surface area (Å²) < 4.78 is 8.46. The standard InChI is InChI=1S/C17H16Br2N2OS/c1-9(2)17-21-13(11-7-10(18)3-4-14(11)22-17)8-12(20-21)15-5-6-16(19)23-15/h3-7,9,13,17H,8H2,1-2H3/t13-,17+/m1/s1. The van der Waals surface area contributed by atoms with Gasteiger partial charge in [0.2, 0.25) is 0 Å². The van der Waals surface area contributed by atoms with Gasteiger partial charge in [-0.25, -0.2) is 5.01 Å². The zero-order valence-corrected chi connectivity index (χ0v) is 16.8. The van der Waals surface area contributed by atoms with Crippen molar-refractivity contribution in [1.29, 1.82) is 0 Å². The molecule has 0 aliphatic carbocycles. The van der Waals surface area contributed by atoms with Gasteiger partial charge in [0, 0.05) is 22.4 Å². The molecule has 0 fully saturated rings. The van der Waals surface area contributed by atoms with Gasteiger partial charge >= 0.3 is 0 Å². The van der Waals surface area contributed by atoms with E-state index in [0.29, 0.717) is 5.92 Å². The molecule has 0 N–H and O–H groups in total. The summed E-state index contributed by atoms with van der Waals surface area (Å²) in [6.45, 7) is 4.36. The summed E-state index contributed by atoms with van der Waals surface area (Å²) in [5, 5.41) is 7.08. The molecule has 2 aliphatic heterocycles. The van der Waals surface area contributed by atoms with Crippen LogP contribution in [0.2, 0.25) is 0 Å². The zero-order chi connectivity index (χ0) is 16.1. The van der Waals surface area contributed by atoms with Crippen molar-refractivity contribution in [2.75, 3.05) is 0 Å². The molecule has 0 amide bonds. The maximum atomic E-state index is 6.24. The van der Waals surface area contributed by atoms with Crippen LogP contribution in [0.5, 0.6) is 5.75 Å². The van der Waals surface area contributed by atoms with E-state index < -0.39 is 0 Å². The fourth-order valence-corrected chi connectivity index (χ4v) is 4.90. The van der Waals surface area contributed by atoms with Crippen molar-refractivity contribution in [2.45, 2.75) is 32.5 Å². The summed E-state index contributed by atoms with van der Waals surface area (Å²) in [4.78, 5) is 1.23. The van der Waals surface area contributed by atoms with Crippen LogP contribution in [0.4, 0.5) is 0 Å². The third-order valence-electron chi connectivity index (χ3n) is 4.21. The van der Waals surface area contributed by atoms with E-state index in [0.717, 1.165) is 26.1 Å². The van der Waals surface area contributed by atoms with Gasteiger partial charge in [-0.2, -0.15) is 5.10 Å². The van der Waals surface area contributed by atoms with Crippen LogP contribution < -0.4 is 4.74 Å². The van der Waals surface area contributed by atoms with Gasteiger partial charge in [-0.3, -0.25) is 0 Å². The smallest absolute Gasteiger partial charge is 0.190 e. The van der Waals surface area contributed by atoms with Crippen molar-refractivity contribution in [3.63, 3.8) is 0 Å². The molecule has 0 bridgehead atoms. The zero-order valence-electron chi connectivity index (χ0n) is 12.8. The van der Waals surface area contributed by atoms with Crippen LogP contribution in [0.1, 0.15) is 36.8 Å². The quantitative estimate of drug-likeness (QED) is 0.571. The number of ether oxygens (including phenoxy) is 1. The van der Waals surface area contributed by atoms with E-state index in [9.17, 15) is 0 Å². The first-order chi connectivity index (χ1) is 11.0. The van der Waals surface area contributed by atoms with Gasteiger partial charge in [-0.15, -0.1) is 11.3 Å². The van der Waals surface area contributed by atoms with E-state index in [4.69, 9.17) is 9.84 Å². The van der Waals surface area contributed by atoms with Gasteiger partial charge in [-0.05, 0) is 46.3 Å². The van der Waals surface area contributed by atoms with Crippen molar-refractivity contribution in [3.8, 4) is 5.75 Å². The predicted molar refractivity (Wildman–Crippen MR) is 101 cm³/mol. The number of hydrazone groups is 1. The molecule has 23 heavy (non-hydrogen) atoms. The highest BCUT2D eigenvalue weighted by Gasteiger charge is 2.41. The average molecular weight is 456 g/mol. The molecule has 0 saturated carbocycles. The van der Waals surface area contributed by atoms with Crippen LogP contribution in [0.3, 0.4) is 0 Å². The molecule has 0 unspecified atom stereocenters. The molecule has 2 aliphatic rings. The molecule has 3 heterocycles. The van der Waals surface area contributed by atoms with Crippen molar-refractivity contribution < 1.29 is 4.74 Å². The summed E-state index contributed by atoms with van der Waals surface area (Å²) in [5.41, 5.74) is 2.36. The third kappa shape index (κ3) is 2.75. The highest BCUT2D eigenvalue weighted by atomic mass is 79.9. The largest absolute Gasteiger partial charge is 0.468 e. The first kappa shape index (κ1) is 15.7. The Balaban J connectivity index is 1.76. The van der Waals surface area contributed by atoms with Gasteiger partial charge in [0.05, 0.1) is 20.4 Å². The van der Waals surface area contributed by atoms with Crippen LogP contribution in [0, 0.1) is 5.92 Å². The van der Waals surface area contributed by atoms with E-state index in [1.165, 1.54) is 10.4 Å². The minimum absolute atomic E-state index is 0.0189. The van der Waals surface area contributed by atoms with Crippen LogP contribution in [-0.4, -0.2) is 16.9 Å². The Morgan fingerprint density at radius 3 is 2.78 bits per heavy atom. The molecular formula is C17H16Br2N2OS. The van der Waals surface area contributed by atoms with E-state index in [-0.39, 0.29) is 12.3 Å². The Kier molecular flexibility index (Phi) is 4.02. The highest BCUT2D eigenvalue weighted by molar-refractivity contribution is 9.11. The van der Waals surface area contributed by atoms with Crippen LogP contribution >= 0.6 is 43.2 Å². The second-order valence-corrected chi connectivity index (χ2v) is 9.56. The number of halogens is 2. The lowest BCUT2D eigenvalue weighted by atomic mass is 9.97. The molecule has 2 atom stereocenters. The lowest BCUT2D eigenvalue weighted by Gasteiger charge is -2.40. The fourth-order valence-electron chi connectivity index (χ4n) is 3.15. The summed E-state index contributed by atoms with van der Waals surface area (Å²) in [7, 11) is 0. The van der Waals surface area contributed by atoms with Crippen molar-refractivity contribution in [1.82, 2.24) is 5.01 Å². The van der Waals surface area contributed by atoms with E-state index in [1.807, 2.05) is 6.07 Å². The van der Waals surface area contributed by atoms with Crippen molar-refractivity contribution in [3.05, 3.63) is 49.0 Å². The van der Waals surface area contributed by atoms with Crippen molar-refractivity contribution in [2.24, 2.45) is 11.0 Å². The van der Waals surface area contributed by atoms with Crippen LogP contribution in [0.25, 0.3) is 0 Å². The number of thiophene rings is 1. The normalized spacial score (nSPS) is 22.7. The van der Waals surface area contributed by atoms with Gasteiger partial charge in [0.15, 0.2) is 6.23 Å². The minimum atomic E-state index is -0.0189. The summed E-state index contributed by atoms with van der Waals surface area (Å²) in [5.74, 6) is 1.35. The number of fused-ring (bicyclic) bond motifs is 3. The Morgan fingerprint density at radius 2 is 2.09 bits per heavy atom. The first-order valence-corrected chi connectivity index (χ1v) is 10.0. The van der Waals surface area contributed by atoms with Gasteiger partial charge in [-0.1, -0.05) is 29.8 Å². The molecule has 0 saturated heterocycles. The molecule has 0 radical (unpaired) electrons. The Bertz CT molecular complexity index is 787. The monoisotopic (exact) mass is 454 g/mol. The second kappa shape index (κ2) is 5.90. The van der Waals surface area contributed by atoms with Crippen molar-refractivity contribution >= 4 is 48.9 Å². The first-order valence-electron chi connectivity index (χ1n) is 7.60. The molecule has 1 aromatic heterocycles. The maximum Gasteiger partial charge on any atom is 0.190 e. The molecule has 3 nitrogen and oxygen atoms in total. The maximum absolute atomic E-state index is 6.24. The Hall–Kier alpha value is -0.850. The second-order valence-electron chi connectivity index (χ2n) is 6.18. The topological polar surface area (TPSA) is 24.8 Å². The highest BCUT2D eigenvalue weighted by Crippen LogP contribution is 2.45. The SMILES string of the molecule is CC(C)[C@@H]1Oc2ccc(Br)cc2[C@H]2CC(c3ccc(Br)s3)=NN21. The minimum Gasteiger partial charge on any atom is -0.468 e. The fraction of sp³-hybridized carbons (Fsp3) is 0.353. The molecule has 1 aromatic carbocycles. The number of nitrogens with zero attached hydrogens (tertiary/aromatic N) is 2. The summed E-state index contributed by atoms with van der Waals surface area (Å²) >= 11 is 8.86. The van der Waals surface area contributed by atoms with Gasteiger partial charge in [0.1, 0.15) is 5.75 Å². The van der Waals surface area contributed by atoms with Gasteiger partial charge in [0.25, 0.3) is 0 Å². The van der Waals surface area contributed by atoms with Crippen LogP contribution in [0.15, 0.2) is 43.7 Å². The molecule has 2 aromatic rings. The third-order valence-corrected chi connectivity index (χ3v) is 6.38. The number of hydrogen-bond acceptors (Lipinski definition) is 4. The Morgan fingerprint density at radius 1 is 1.26 bits per heavy atom. The molecule has 6 heteroatoms. The lowest BCUT2D eigenvalue weighted by molar-refractivity contribution is -0.0461. The van der Waals surface area contributed by atoms with E-state index in [1.54, 1.807) is 11.3 Å². The number of rotatable bonds is 2. The number of hydrogen-bond donors (Lipinski definition) is 0. The van der Waals surface area contributed by atoms with E-state index in [2.05, 4.69) is 75.0 Å². The lowest BCUT2D eigenvalue weighted by Crippen LogP contribution is -2.43. The van der Waals surface area contributed by atoms with E-state index >= 15 is 0 Å². The van der Waals surface area contributed by atoms with Crippen LogP contribution in [-0.2, 0) is 0 Å². The Labute approximate surface area is 156 Å². The number of benzene rings is 1. The molecule has 4 rings (SSSR count). The molecule has 0 spiro atoms. The molecule has 120 valence electrons. The average Bonchev–Trinajstić information content (AvgIpc) is 3.12. The van der Waals surface area contributed by atoms with Gasteiger partial charge < -0.3 is 4.74 Å². The predicted octanol–water partition coefficient (Wildman–Crippen LogP) is 5.80.